The summed E-state index contributed by atoms with van der Waals surface area (Å²) in [6, 6.07) is 9.46. The number of carbonyl (C=O) groups is 1. The number of pyridine rings is 1. The van der Waals surface area contributed by atoms with E-state index in [1.54, 1.807) is 6.20 Å². The number of hydrogen-bond acceptors (Lipinski definition) is 5. The van der Waals surface area contributed by atoms with Gasteiger partial charge in [0.25, 0.3) is 0 Å². The molecule has 2 aromatic heterocycles. The van der Waals surface area contributed by atoms with Gasteiger partial charge < -0.3 is 10.1 Å². The third-order valence-corrected chi connectivity index (χ3v) is 5.26. The number of amides is 1. The normalized spacial score (nSPS) is 10.6. The Bertz CT molecular complexity index is 905. The van der Waals surface area contributed by atoms with Crippen LogP contribution in [-0.2, 0) is 4.79 Å². The predicted molar refractivity (Wildman–Crippen MR) is 110 cm³/mol. The van der Waals surface area contributed by atoms with Crippen molar-refractivity contribution in [3.8, 4) is 17.1 Å². The first-order valence-electron chi connectivity index (χ1n) is 8.59. The zero-order valence-electron chi connectivity index (χ0n) is 15.2. The lowest BCUT2D eigenvalue weighted by atomic mass is 10.1. The zero-order chi connectivity index (χ0) is 19.2. The van der Waals surface area contributed by atoms with Gasteiger partial charge in [-0.25, -0.2) is 4.98 Å². The van der Waals surface area contributed by atoms with E-state index < -0.39 is 0 Å². The molecule has 0 aliphatic rings. The van der Waals surface area contributed by atoms with Crippen molar-refractivity contribution >= 4 is 34.0 Å². The first kappa shape index (κ1) is 19.3. The van der Waals surface area contributed by atoms with Crippen molar-refractivity contribution in [2.75, 3.05) is 11.9 Å². The van der Waals surface area contributed by atoms with Crippen LogP contribution in [0.25, 0.3) is 11.4 Å². The molecule has 3 rings (SSSR count). The molecule has 7 heteroatoms. The fourth-order valence-electron chi connectivity index (χ4n) is 2.56. The zero-order valence-corrected chi connectivity index (χ0v) is 16.7. The number of carbonyl (C=O) groups excluding carboxylic acids is 1. The fourth-order valence-corrected chi connectivity index (χ4v) is 3.39. The van der Waals surface area contributed by atoms with Gasteiger partial charge in [0.2, 0.25) is 5.91 Å². The molecule has 2 heterocycles. The van der Waals surface area contributed by atoms with Crippen LogP contribution in [0.4, 0.5) is 5.13 Å². The summed E-state index contributed by atoms with van der Waals surface area (Å²) in [4.78, 5) is 20.7. The number of aromatic nitrogens is 2. The Morgan fingerprint density at radius 1 is 1.22 bits per heavy atom. The van der Waals surface area contributed by atoms with Gasteiger partial charge in [0.05, 0.1) is 12.3 Å². The summed E-state index contributed by atoms with van der Waals surface area (Å²) >= 11 is 7.54. The Hall–Kier alpha value is -2.44. The van der Waals surface area contributed by atoms with Gasteiger partial charge in [0, 0.05) is 23.0 Å². The number of aryl methyl sites for hydroxylation is 2. The van der Waals surface area contributed by atoms with E-state index >= 15 is 0 Å². The minimum absolute atomic E-state index is 0.0796. The number of nitrogens with zero attached hydrogens (tertiary/aromatic N) is 2. The van der Waals surface area contributed by atoms with Crippen LogP contribution in [0.5, 0.6) is 5.75 Å². The van der Waals surface area contributed by atoms with Crippen molar-refractivity contribution < 1.29 is 9.53 Å². The molecule has 0 aliphatic heterocycles. The molecule has 0 saturated carbocycles. The lowest BCUT2D eigenvalue weighted by molar-refractivity contribution is -0.116. The molecule has 0 spiro atoms. The predicted octanol–water partition coefficient (Wildman–Crippen LogP) is 5.27. The molecule has 0 unspecified atom stereocenters. The molecular formula is C20H20ClN3O2S. The topological polar surface area (TPSA) is 64.1 Å². The summed E-state index contributed by atoms with van der Waals surface area (Å²) in [5.74, 6) is 0.693. The second-order valence-corrected chi connectivity index (χ2v) is 7.36. The van der Waals surface area contributed by atoms with E-state index in [0.29, 0.717) is 24.6 Å². The monoisotopic (exact) mass is 401 g/mol. The van der Waals surface area contributed by atoms with Crippen molar-refractivity contribution in [1.29, 1.82) is 0 Å². The van der Waals surface area contributed by atoms with Gasteiger partial charge in [-0.1, -0.05) is 17.7 Å². The number of benzene rings is 1. The highest BCUT2D eigenvalue weighted by Crippen LogP contribution is 2.26. The second kappa shape index (κ2) is 8.97. The molecule has 1 aromatic carbocycles. The third kappa shape index (κ3) is 5.28. The summed E-state index contributed by atoms with van der Waals surface area (Å²) in [7, 11) is 0. The fraction of sp³-hybridized carbons (Fsp3) is 0.250. The van der Waals surface area contributed by atoms with E-state index in [1.165, 1.54) is 11.3 Å². The lowest BCUT2D eigenvalue weighted by Crippen LogP contribution is -2.12. The molecule has 5 nitrogen and oxygen atoms in total. The van der Waals surface area contributed by atoms with Crippen molar-refractivity contribution in [2.24, 2.45) is 0 Å². The minimum atomic E-state index is -0.0796. The van der Waals surface area contributed by atoms with Gasteiger partial charge in [-0.15, -0.1) is 11.3 Å². The number of rotatable bonds is 7. The molecule has 0 bridgehead atoms. The van der Waals surface area contributed by atoms with Gasteiger partial charge in [-0.05, 0) is 55.7 Å². The number of anilines is 1. The summed E-state index contributed by atoms with van der Waals surface area (Å²) in [6.45, 7) is 4.36. The summed E-state index contributed by atoms with van der Waals surface area (Å²) in [5, 5.41) is 6.04. The van der Waals surface area contributed by atoms with Crippen molar-refractivity contribution in [2.45, 2.75) is 26.7 Å². The summed E-state index contributed by atoms with van der Waals surface area (Å²) in [6.07, 6.45) is 2.70. The number of thiazole rings is 1. The Kier molecular flexibility index (Phi) is 6.42. The van der Waals surface area contributed by atoms with E-state index in [4.69, 9.17) is 16.3 Å². The maximum absolute atomic E-state index is 12.1. The van der Waals surface area contributed by atoms with Crippen molar-refractivity contribution in [3.63, 3.8) is 0 Å². The van der Waals surface area contributed by atoms with Crippen LogP contribution < -0.4 is 10.1 Å². The van der Waals surface area contributed by atoms with Gasteiger partial charge in [0.1, 0.15) is 11.4 Å². The van der Waals surface area contributed by atoms with Gasteiger partial charge in [-0.2, -0.15) is 0 Å². The minimum Gasteiger partial charge on any atom is -0.494 e. The average Bonchev–Trinajstić information content (AvgIpc) is 3.12. The molecule has 0 fully saturated rings. The standard InChI is InChI=1S/C20H20ClN3O2S/c1-13-10-15(11-14(2)19(13)21)26-9-5-7-18(25)24-20-23-17(12-27-20)16-6-3-4-8-22-16/h3-4,6,8,10-12H,5,7,9H2,1-2H3,(H,23,24,25). The van der Waals surface area contributed by atoms with E-state index in [9.17, 15) is 4.79 Å². The van der Waals surface area contributed by atoms with E-state index in [2.05, 4.69) is 15.3 Å². The van der Waals surface area contributed by atoms with E-state index in [-0.39, 0.29) is 5.91 Å². The Balaban J connectivity index is 1.45. The second-order valence-electron chi connectivity index (χ2n) is 6.12. The number of halogens is 1. The third-order valence-electron chi connectivity index (χ3n) is 3.90. The van der Waals surface area contributed by atoms with Crippen LogP contribution in [0, 0.1) is 13.8 Å². The van der Waals surface area contributed by atoms with E-state index in [1.807, 2.05) is 49.6 Å². The largest absolute Gasteiger partial charge is 0.494 e. The van der Waals surface area contributed by atoms with Gasteiger partial charge >= 0.3 is 0 Å². The summed E-state index contributed by atoms with van der Waals surface area (Å²) in [5.41, 5.74) is 3.51. The van der Waals surface area contributed by atoms with Crippen LogP contribution in [0.2, 0.25) is 5.02 Å². The van der Waals surface area contributed by atoms with Gasteiger partial charge in [0.15, 0.2) is 5.13 Å². The quantitative estimate of drug-likeness (QED) is 0.547. The first-order chi connectivity index (χ1) is 13.0. The number of nitrogens with one attached hydrogen (secondary N) is 1. The average molecular weight is 402 g/mol. The maximum Gasteiger partial charge on any atom is 0.226 e. The Labute approximate surface area is 167 Å². The smallest absolute Gasteiger partial charge is 0.226 e. The molecule has 1 amide bonds. The van der Waals surface area contributed by atoms with Crippen molar-refractivity contribution in [3.05, 3.63) is 58.1 Å². The SMILES string of the molecule is Cc1cc(OCCCC(=O)Nc2nc(-c3ccccn3)cs2)cc(C)c1Cl. The molecule has 0 aliphatic carbocycles. The van der Waals surface area contributed by atoms with E-state index in [0.717, 1.165) is 33.3 Å². The lowest BCUT2D eigenvalue weighted by Gasteiger charge is -2.09. The molecule has 27 heavy (non-hydrogen) atoms. The van der Waals surface area contributed by atoms with Crippen LogP contribution >= 0.6 is 22.9 Å². The van der Waals surface area contributed by atoms with Crippen LogP contribution in [0.1, 0.15) is 24.0 Å². The molecule has 140 valence electrons. The molecule has 0 atom stereocenters. The molecule has 0 saturated heterocycles. The van der Waals surface area contributed by atoms with Crippen molar-refractivity contribution in [1.82, 2.24) is 9.97 Å². The highest BCUT2D eigenvalue weighted by molar-refractivity contribution is 7.14. The molecular weight excluding hydrogens is 382 g/mol. The van der Waals surface area contributed by atoms with Gasteiger partial charge in [-0.3, -0.25) is 9.78 Å². The molecule has 0 radical (unpaired) electrons. The van der Waals surface area contributed by atoms with Crippen LogP contribution in [0.15, 0.2) is 41.9 Å². The first-order valence-corrected chi connectivity index (χ1v) is 9.85. The Morgan fingerprint density at radius 3 is 2.70 bits per heavy atom. The highest BCUT2D eigenvalue weighted by Gasteiger charge is 2.09. The summed E-state index contributed by atoms with van der Waals surface area (Å²) < 4.78 is 5.73. The highest BCUT2D eigenvalue weighted by atomic mass is 35.5. The maximum atomic E-state index is 12.1. The van der Waals surface area contributed by atoms with Crippen LogP contribution in [-0.4, -0.2) is 22.5 Å². The number of hydrogen-bond donors (Lipinski definition) is 1. The molecule has 3 aromatic rings. The molecule has 1 N–H and O–H groups in total. The van der Waals surface area contributed by atoms with Crippen LogP contribution in [0.3, 0.4) is 0 Å². The number of ether oxygens (including phenoxy) is 1. The Morgan fingerprint density at radius 2 is 2.00 bits per heavy atom.